The van der Waals surface area contributed by atoms with Gasteiger partial charge in [-0.1, -0.05) is 118 Å². The van der Waals surface area contributed by atoms with Gasteiger partial charge in [-0.3, -0.25) is 4.59 Å². The monoisotopic (exact) mass is 763 g/mol. The second-order valence-corrected chi connectivity index (χ2v) is 15.1. The molecule has 0 amide bonds. The Morgan fingerprint density at radius 1 is 0.690 bits per heavy atom. The lowest BCUT2D eigenvalue weighted by Crippen LogP contribution is -2.44. The molecule has 1 aliphatic rings. The number of benzene rings is 6. The van der Waals surface area contributed by atoms with Crippen LogP contribution in [-0.4, -0.2) is 26.2 Å². The lowest BCUT2D eigenvalue weighted by Gasteiger charge is -2.35. The Labute approximate surface area is 353 Å². The quantitative estimate of drug-likeness (QED) is 0.120. The predicted molar refractivity (Wildman–Crippen MR) is 236 cm³/mol. The number of nitrogens with zero attached hydrogens (tertiary/aromatic N) is 6. The van der Waals surface area contributed by atoms with E-state index in [1.165, 1.54) is 0 Å². The van der Waals surface area contributed by atoms with Crippen molar-refractivity contribution in [2.75, 3.05) is 4.81 Å². The van der Waals surface area contributed by atoms with Gasteiger partial charge >= 0.3 is 6.98 Å². The fourth-order valence-corrected chi connectivity index (χ4v) is 7.76. The molecular weight excluding hydrogens is 711 g/mol. The van der Waals surface area contributed by atoms with Gasteiger partial charge in [0, 0.05) is 46.9 Å². The molecule has 0 fully saturated rings. The molecule has 6 aromatic carbocycles. The largest absolute Gasteiger partial charge is 0.457 e. The summed E-state index contributed by atoms with van der Waals surface area (Å²) in [5, 5.41) is 4.67. The van der Waals surface area contributed by atoms with Crippen LogP contribution in [0.15, 0.2) is 182 Å². The number of ether oxygens (including phenoxy) is 1. The Hall–Kier alpha value is -7.19. The number of para-hydroxylation sites is 3. The minimum absolute atomic E-state index is 0.100. The van der Waals surface area contributed by atoms with Gasteiger partial charge in [-0.25, -0.2) is 4.98 Å². The number of hydrogen-bond donors (Lipinski definition) is 0. The van der Waals surface area contributed by atoms with Crippen LogP contribution in [0.1, 0.15) is 40.0 Å². The molecular formula is C50H42BN6O+. The summed E-state index contributed by atoms with van der Waals surface area (Å²) in [6.07, 6.45) is 5.41. The van der Waals surface area contributed by atoms with Gasteiger partial charge in [-0.05, 0) is 83.5 Å². The second-order valence-electron chi connectivity index (χ2n) is 15.1. The summed E-state index contributed by atoms with van der Waals surface area (Å²) in [5.41, 5.74) is 6.29. The molecule has 0 saturated carbocycles. The van der Waals surface area contributed by atoms with Gasteiger partial charge in [0.25, 0.3) is 6.33 Å². The second kappa shape index (κ2) is 14.1. The van der Waals surface area contributed by atoms with E-state index in [9.17, 15) is 0 Å². The van der Waals surface area contributed by atoms with E-state index in [1.54, 1.807) is 35.3 Å². The lowest BCUT2D eigenvalue weighted by atomic mass is 9.73. The summed E-state index contributed by atoms with van der Waals surface area (Å²) in [6, 6.07) is 26.8. The van der Waals surface area contributed by atoms with E-state index < -0.39 is 60.4 Å². The molecule has 3 aromatic heterocycles. The highest BCUT2D eigenvalue weighted by Gasteiger charge is 2.35. The van der Waals surface area contributed by atoms with Crippen LogP contribution < -0.4 is 14.1 Å². The average molecular weight is 764 g/mol. The van der Waals surface area contributed by atoms with Gasteiger partial charge in [-0.15, -0.1) is 0 Å². The Kier molecular flexibility index (Phi) is 6.28. The number of fused-ring (bicyclic) bond motifs is 4. The zero-order chi connectivity index (χ0) is 48.1. The number of hydrogen-bond acceptors (Lipinski definition) is 4. The fourth-order valence-electron chi connectivity index (χ4n) is 7.76. The van der Waals surface area contributed by atoms with E-state index in [0.29, 0.717) is 28.2 Å². The Bertz CT molecular complexity index is 3410. The standard InChI is InChI=1S/C50H42BN6O/c1-50(2,3)37-27-29-52-48(31-37)56-47-33-40(25-26-43(47)44-28-30-53-57(44)51(56)4)58-39-20-13-19-38(32-39)54-34-55(46-24-12-11-23-45(46)54)49-41(35-15-7-5-8-16-35)21-14-22-42(49)36-17-9-6-10-18-36/h5-34H,1-4H3/q+1/i5D,6D,7D,8D,9D,10D,15D,16D,17D,18D. The minimum Gasteiger partial charge on any atom is -0.457 e. The third-order valence-corrected chi connectivity index (χ3v) is 10.5. The van der Waals surface area contributed by atoms with E-state index in [-0.39, 0.29) is 40.3 Å². The topological polar surface area (TPSA) is 52.0 Å². The highest BCUT2D eigenvalue weighted by atomic mass is 16.5. The zero-order valence-electron chi connectivity index (χ0n) is 42.2. The lowest BCUT2D eigenvalue weighted by molar-refractivity contribution is -0.566. The van der Waals surface area contributed by atoms with E-state index in [2.05, 4.69) is 43.6 Å². The molecule has 0 spiro atoms. The first-order valence-corrected chi connectivity index (χ1v) is 19.0. The maximum absolute atomic E-state index is 9.01. The molecule has 1 aliphatic heterocycles. The molecule has 9 aromatic rings. The molecule has 58 heavy (non-hydrogen) atoms. The Balaban J connectivity index is 1.13. The number of imidazole rings is 1. The molecule has 0 N–H and O–H groups in total. The van der Waals surface area contributed by atoms with Crippen LogP contribution in [0.2, 0.25) is 6.82 Å². The van der Waals surface area contributed by atoms with Gasteiger partial charge in [0.15, 0.2) is 11.0 Å². The SMILES string of the molecule is [2H]c1c([2H])c([2H])c(-c2cccc(-c3c([2H])c([2H])c([2H])c([2H])c3[2H])c2-[n+]2cn(-c3cccc(Oc4ccc5c(c4)N(c4cc(C(C)(C)C)ccn4)B(C)n4nccc4-5)c3)c3ccccc32)c([2H])c1[2H]. The number of rotatable bonds is 7. The first-order chi connectivity index (χ1) is 32.5. The molecule has 0 aliphatic carbocycles. The average Bonchev–Trinajstić information content (AvgIpc) is 3.98. The van der Waals surface area contributed by atoms with Crippen molar-refractivity contribution >= 4 is 29.5 Å². The molecule has 0 radical (unpaired) electrons. The van der Waals surface area contributed by atoms with Gasteiger partial charge in [0.1, 0.15) is 28.7 Å². The molecule has 10 rings (SSSR count). The fraction of sp³-hybridized carbons (Fsp3) is 0.100. The molecule has 0 atom stereocenters. The predicted octanol–water partition coefficient (Wildman–Crippen LogP) is 11.7. The van der Waals surface area contributed by atoms with Crippen LogP contribution in [0.25, 0.3) is 55.9 Å². The summed E-state index contributed by atoms with van der Waals surface area (Å²) < 4.78 is 99.2. The maximum atomic E-state index is 9.01. The maximum Gasteiger partial charge on any atom is 0.401 e. The Morgan fingerprint density at radius 3 is 2.14 bits per heavy atom. The number of anilines is 2. The smallest absolute Gasteiger partial charge is 0.401 e. The third kappa shape index (κ3) is 6.14. The first-order valence-electron chi connectivity index (χ1n) is 24.0. The Morgan fingerprint density at radius 2 is 1.40 bits per heavy atom. The van der Waals surface area contributed by atoms with Crippen molar-refractivity contribution in [1.29, 1.82) is 0 Å². The molecule has 7 nitrogen and oxygen atoms in total. The first kappa shape index (κ1) is 25.9. The van der Waals surface area contributed by atoms with E-state index >= 15 is 0 Å². The van der Waals surface area contributed by atoms with Crippen LogP contribution >= 0.6 is 0 Å². The minimum atomic E-state index is -0.559. The molecule has 280 valence electrons. The van der Waals surface area contributed by atoms with Crippen molar-refractivity contribution in [1.82, 2.24) is 19.2 Å². The van der Waals surface area contributed by atoms with Crippen LogP contribution in [-0.2, 0) is 5.41 Å². The summed E-state index contributed by atoms with van der Waals surface area (Å²) >= 11 is 0. The van der Waals surface area contributed by atoms with Gasteiger partial charge < -0.3 is 9.55 Å². The van der Waals surface area contributed by atoms with Crippen molar-refractivity contribution in [2.24, 2.45) is 0 Å². The van der Waals surface area contributed by atoms with E-state index in [0.717, 1.165) is 28.3 Å². The van der Waals surface area contributed by atoms with Crippen molar-refractivity contribution in [2.45, 2.75) is 33.0 Å². The summed E-state index contributed by atoms with van der Waals surface area (Å²) in [7, 11) is 0. The molecule has 0 unspecified atom stereocenters. The van der Waals surface area contributed by atoms with Crippen molar-refractivity contribution < 1.29 is 23.0 Å². The molecule has 4 heterocycles. The van der Waals surface area contributed by atoms with E-state index in [1.807, 2.05) is 94.2 Å². The van der Waals surface area contributed by atoms with Crippen molar-refractivity contribution in [3.8, 4) is 56.4 Å². The zero-order valence-corrected chi connectivity index (χ0v) is 32.2. The van der Waals surface area contributed by atoms with Crippen LogP contribution in [0, 0.1) is 0 Å². The van der Waals surface area contributed by atoms with Crippen LogP contribution in [0.4, 0.5) is 11.5 Å². The number of pyridine rings is 1. The van der Waals surface area contributed by atoms with Crippen LogP contribution in [0.5, 0.6) is 11.5 Å². The number of aromatic nitrogens is 5. The van der Waals surface area contributed by atoms with Gasteiger partial charge in [0.2, 0.25) is 0 Å². The third-order valence-electron chi connectivity index (χ3n) is 10.5. The highest BCUT2D eigenvalue weighted by Crippen LogP contribution is 2.43. The molecule has 0 saturated heterocycles. The molecule has 8 heteroatoms. The molecule has 0 bridgehead atoms. The van der Waals surface area contributed by atoms with Crippen LogP contribution in [0.3, 0.4) is 0 Å². The van der Waals surface area contributed by atoms with Crippen molar-refractivity contribution in [3.63, 3.8) is 0 Å². The highest BCUT2D eigenvalue weighted by molar-refractivity contribution is 6.63. The normalized spacial score (nSPS) is 14.8. The summed E-state index contributed by atoms with van der Waals surface area (Å²) in [4.78, 5) is 6.99. The summed E-state index contributed by atoms with van der Waals surface area (Å²) in [6.45, 7) is 8.41. The van der Waals surface area contributed by atoms with E-state index in [4.69, 9.17) is 23.4 Å². The van der Waals surface area contributed by atoms with Gasteiger partial charge in [-0.2, -0.15) is 14.2 Å². The summed E-state index contributed by atoms with van der Waals surface area (Å²) in [5.74, 6) is 1.89. The van der Waals surface area contributed by atoms with Crippen molar-refractivity contribution in [3.05, 3.63) is 188 Å². The van der Waals surface area contributed by atoms with Gasteiger partial charge in [0.05, 0.1) is 19.4 Å².